The van der Waals surface area contributed by atoms with Crippen molar-refractivity contribution >= 4 is 41.2 Å². The van der Waals surface area contributed by atoms with Gasteiger partial charge in [0.05, 0.1) is 11.4 Å². The Labute approximate surface area is 166 Å². The number of thioether (sulfide) groups is 1. The Morgan fingerprint density at radius 3 is 2.65 bits per heavy atom. The second kappa shape index (κ2) is 8.63. The van der Waals surface area contributed by atoms with E-state index in [1.807, 2.05) is 11.9 Å². The van der Waals surface area contributed by atoms with Crippen molar-refractivity contribution in [2.24, 2.45) is 5.92 Å². The maximum Gasteiger partial charge on any atom is 0.233 e. The van der Waals surface area contributed by atoms with E-state index in [0.29, 0.717) is 15.7 Å². The van der Waals surface area contributed by atoms with Gasteiger partial charge in [0.2, 0.25) is 5.91 Å². The summed E-state index contributed by atoms with van der Waals surface area (Å²) in [5.74, 6) is 0.959. The van der Waals surface area contributed by atoms with Crippen LogP contribution in [-0.2, 0) is 4.79 Å². The van der Waals surface area contributed by atoms with Crippen molar-refractivity contribution in [3.05, 3.63) is 34.0 Å². The summed E-state index contributed by atoms with van der Waals surface area (Å²) in [7, 11) is 1.91. The standard InChI is InChI=1S/C18H22FN3OS3/c1-12-3-7-14(8-4-12)21(2)16(23)11-25-17-20-22(18(24)26-17)15-9-5-13(19)6-10-15/h5-6,9-10,12,14H,3-4,7-8,11H2,1-2H3. The summed E-state index contributed by atoms with van der Waals surface area (Å²) in [6.45, 7) is 2.28. The number of hydrogen-bond acceptors (Lipinski definition) is 5. The van der Waals surface area contributed by atoms with Gasteiger partial charge in [-0.2, -0.15) is 0 Å². The SMILES string of the molecule is CC1CCC(N(C)C(=O)CSc2nn(-c3ccc(F)cc3)c(=S)s2)CC1. The minimum Gasteiger partial charge on any atom is -0.342 e. The van der Waals surface area contributed by atoms with E-state index in [9.17, 15) is 9.18 Å². The van der Waals surface area contributed by atoms with Gasteiger partial charge in [-0.05, 0) is 68.1 Å². The van der Waals surface area contributed by atoms with E-state index in [0.717, 1.165) is 28.8 Å². The van der Waals surface area contributed by atoms with Crippen LogP contribution >= 0.6 is 35.3 Å². The molecular weight excluding hydrogens is 389 g/mol. The summed E-state index contributed by atoms with van der Waals surface area (Å²) in [4.78, 5) is 14.4. The predicted molar refractivity (Wildman–Crippen MR) is 107 cm³/mol. The minimum atomic E-state index is -0.296. The first-order chi connectivity index (χ1) is 12.4. The van der Waals surface area contributed by atoms with Crippen LogP contribution in [0.25, 0.3) is 5.69 Å². The van der Waals surface area contributed by atoms with Crippen LogP contribution in [0.1, 0.15) is 32.6 Å². The molecule has 1 aromatic heterocycles. The Hall–Kier alpha value is -1.25. The van der Waals surface area contributed by atoms with Crippen LogP contribution < -0.4 is 0 Å². The topological polar surface area (TPSA) is 38.1 Å². The fraction of sp³-hybridized carbons (Fsp3) is 0.500. The van der Waals surface area contributed by atoms with Gasteiger partial charge in [-0.15, -0.1) is 5.10 Å². The van der Waals surface area contributed by atoms with Gasteiger partial charge in [0.25, 0.3) is 0 Å². The Bertz CT molecular complexity index is 810. The average Bonchev–Trinajstić information content (AvgIpc) is 3.01. The largest absolute Gasteiger partial charge is 0.342 e. The van der Waals surface area contributed by atoms with Gasteiger partial charge in [0, 0.05) is 13.1 Å². The second-order valence-corrected chi connectivity index (χ2v) is 9.57. The van der Waals surface area contributed by atoms with Crippen LogP contribution in [0, 0.1) is 15.7 Å². The normalized spacial score (nSPS) is 20.1. The first-order valence-corrected chi connectivity index (χ1v) is 10.9. The maximum atomic E-state index is 13.1. The first kappa shape index (κ1) is 19.5. The number of halogens is 1. The molecule has 8 heteroatoms. The van der Waals surface area contributed by atoms with Crippen molar-refractivity contribution < 1.29 is 9.18 Å². The second-order valence-electron chi connectivity index (χ2n) is 6.73. The van der Waals surface area contributed by atoms with Crippen LogP contribution in [0.2, 0.25) is 0 Å². The highest BCUT2D eigenvalue weighted by Crippen LogP contribution is 2.28. The molecule has 1 aliphatic carbocycles. The van der Waals surface area contributed by atoms with Crippen LogP contribution in [0.3, 0.4) is 0 Å². The van der Waals surface area contributed by atoms with E-state index in [2.05, 4.69) is 12.0 Å². The Morgan fingerprint density at radius 1 is 1.35 bits per heavy atom. The molecule has 1 saturated carbocycles. The smallest absolute Gasteiger partial charge is 0.233 e. The van der Waals surface area contributed by atoms with Gasteiger partial charge >= 0.3 is 0 Å². The van der Waals surface area contributed by atoms with Gasteiger partial charge in [-0.1, -0.05) is 30.0 Å². The van der Waals surface area contributed by atoms with Crippen molar-refractivity contribution in [3.63, 3.8) is 0 Å². The van der Waals surface area contributed by atoms with Gasteiger partial charge in [-0.3, -0.25) is 4.79 Å². The number of rotatable bonds is 5. The van der Waals surface area contributed by atoms with Gasteiger partial charge < -0.3 is 4.90 Å². The van der Waals surface area contributed by atoms with Crippen LogP contribution in [0.5, 0.6) is 0 Å². The highest BCUT2D eigenvalue weighted by molar-refractivity contribution is 8.01. The molecule has 2 aromatic rings. The van der Waals surface area contributed by atoms with E-state index in [4.69, 9.17) is 12.2 Å². The van der Waals surface area contributed by atoms with Gasteiger partial charge in [0.15, 0.2) is 8.29 Å². The molecule has 140 valence electrons. The monoisotopic (exact) mass is 411 g/mol. The van der Waals surface area contributed by atoms with Crippen molar-refractivity contribution in [3.8, 4) is 5.69 Å². The molecule has 0 spiro atoms. The number of nitrogens with zero attached hydrogens (tertiary/aromatic N) is 3. The van der Waals surface area contributed by atoms with Crippen molar-refractivity contribution in [1.82, 2.24) is 14.7 Å². The Balaban J connectivity index is 1.59. The molecule has 4 nitrogen and oxygen atoms in total. The molecule has 0 atom stereocenters. The minimum absolute atomic E-state index is 0.129. The summed E-state index contributed by atoms with van der Waals surface area (Å²) < 4.78 is 16.0. The van der Waals surface area contributed by atoms with Gasteiger partial charge in [0.1, 0.15) is 5.82 Å². The fourth-order valence-electron chi connectivity index (χ4n) is 3.12. The van der Waals surface area contributed by atoms with E-state index in [1.165, 1.54) is 48.1 Å². The van der Waals surface area contributed by atoms with Gasteiger partial charge in [-0.25, -0.2) is 9.07 Å². The molecule has 1 fully saturated rings. The summed E-state index contributed by atoms with van der Waals surface area (Å²) in [6.07, 6.45) is 4.57. The molecule has 1 heterocycles. The molecule has 0 N–H and O–H groups in total. The van der Waals surface area contributed by atoms with Crippen LogP contribution in [-0.4, -0.2) is 39.4 Å². The summed E-state index contributed by atoms with van der Waals surface area (Å²) >= 11 is 8.13. The van der Waals surface area contributed by atoms with Crippen LogP contribution in [0.4, 0.5) is 4.39 Å². The van der Waals surface area contributed by atoms with E-state index in [1.54, 1.807) is 16.8 Å². The molecule has 1 amide bonds. The van der Waals surface area contributed by atoms with Crippen molar-refractivity contribution in [1.29, 1.82) is 0 Å². The molecule has 3 rings (SSSR count). The number of carbonyl (C=O) groups excluding carboxylic acids is 1. The molecule has 1 aromatic carbocycles. The van der Waals surface area contributed by atoms with Crippen molar-refractivity contribution in [2.75, 3.05) is 12.8 Å². The number of hydrogen-bond donors (Lipinski definition) is 0. The number of carbonyl (C=O) groups is 1. The quantitative estimate of drug-likeness (QED) is 0.516. The Kier molecular flexibility index (Phi) is 6.47. The summed E-state index contributed by atoms with van der Waals surface area (Å²) in [5, 5.41) is 4.46. The lowest BCUT2D eigenvalue weighted by molar-refractivity contribution is -0.129. The zero-order chi connectivity index (χ0) is 18.7. The van der Waals surface area contributed by atoms with Crippen LogP contribution in [0.15, 0.2) is 28.6 Å². The molecular formula is C18H22FN3OS3. The molecule has 0 radical (unpaired) electrons. The first-order valence-electron chi connectivity index (χ1n) is 8.68. The zero-order valence-corrected chi connectivity index (χ0v) is 17.3. The third-order valence-electron chi connectivity index (χ3n) is 4.85. The number of amides is 1. The zero-order valence-electron chi connectivity index (χ0n) is 14.9. The number of benzene rings is 1. The molecule has 0 bridgehead atoms. The van der Waals surface area contributed by atoms with Crippen molar-refractivity contribution in [2.45, 2.75) is 43.0 Å². The Morgan fingerprint density at radius 2 is 2.00 bits per heavy atom. The highest BCUT2D eigenvalue weighted by atomic mass is 32.2. The third-order valence-corrected chi connectivity index (χ3v) is 7.20. The van der Waals surface area contributed by atoms with E-state index in [-0.39, 0.29) is 11.7 Å². The van der Waals surface area contributed by atoms with E-state index >= 15 is 0 Å². The summed E-state index contributed by atoms with van der Waals surface area (Å²) in [6, 6.07) is 6.40. The predicted octanol–water partition coefficient (Wildman–Crippen LogP) is 4.93. The molecule has 0 aliphatic heterocycles. The molecule has 0 saturated heterocycles. The number of aromatic nitrogens is 2. The lowest BCUT2D eigenvalue weighted by Gasteiger charge is -2.33. The molecule has 0 unspecified atom stereocenters. The molecule has 1 aliphatic rings. The lowest BCUT2D eigenvalue weighted by atomic mass is 9.87. The average molecular weight is 412 g/mol. The molecule has 26 heavy (non-hydrogen) atoms. The summed E-state index contributed by atoms with van der Waals surface area (Å²) in [5.41, 5.74) is 0.722. The lowest BCUT2D eigenvalue weighted by Crippen LogP contribution is -2.40. The highest BCUT2D eigenvalue weighted by Gasteiger charge is 2.24. The fourth-order valence-corrected chi connectivity index (χ4v) is 5.41. The maximum absolute atomic E-state index is 13.1. The third kappa shape index (κ3) is 4.72. The van der Waals surface area contributed by atoms with E-state index < -0.39 is 0 Å².